The van der Waals surface area contributed by atoms with Gasteiger partial charge in [-0.1, -0.05) is 27.7 Å². The van der Waals surface area contributed by atoms with Crippen LogP contribution in [0.1, 0.15) is 47.0 Å². The third kappa shape index (κ3) is 4.46. The van der Waals surface area contributed by atoms with E-state index in [0.717, 1.165) is 5.92 Å². The van der Waals surface area contributed by atoms with Crippen molar-refractivity contribution in [3.05, 3.63) is 0 Å². The van der Waals surface area contributed by atoms with Gasteiger partial charge in [0.05, 0.1) is 6.61 Å². The molecule has 1 fully saturated rings. The summed E-state index contributed by atoms with van der Waals surface area (Å²) in [4.78, 5) is 0. The van der Waals surface area contributed by atoms with Gasteiger partial charge >= 0.3 is 0 Å². The zero-order chi connectivity index (χ0) is 13.1. The Hall–Kier alpha value is 0.270. The SMILES string of the molecule is CNC1CCC(C(C)(C)C)CC1SC(C)CO. The zero-order valence-corrected chi connectivity index (χ0v) is 12.8. The van der Waals surface area contributed by atoms with E-state index >= 15 is 0 Å². The fourth-order valence-corrected chi connectivity index (χ4v) is 4.23. The lowest BCUT2D eigenvalue weighted by Crippen LogP contribution is -2.44. The predicted molar refractivity (Wildman–Crippen MR) is 77.6 cm³/mol. The molecule has 0 radical (unpaired) electrons. The van der Waals surface area contributed by atoms with Crippen molar-refractivity contribution >= 4 is 11.8 Å². The molecule has 1 aliphatic rings. The first-order valence-corrected chi connectivity index (χ1v) is 7.76. The van der Waals surface area contributed by atoms with Crippen molar-refractivity contribution in [1.29, 1.82) is 0 Å². The molecule has 1 aliphatic carbocycles. The average molecular weight is 259 g/mol. The topological polar surface area (TPSA) is 32.3 Å². The number of nitrogens with one attached hydrogen (secondary N) is 1. The lowest BCUT2D eigenvalue weighted by Gasteiger charge is -2.42. The second kappa shape index (κ2) is 6.44. The highest BCUT2D eigenvalue weighted by molar-refractivity contribution is 8.00. The van der Waals surface area contributed by atoms with E-state index in [9.17, 15) is 5.11 Å². The van der Waals surface area contributed by atoms with Crippen molar-refractivity contribution in [2.24, 2.45) is 11.3 Å². The van der Waals surface area contributed by atoms with Crippen LogP contribution in [0.3, 0.4) is 0 Å². The van der Waals surface area contributed by atoms with E-state index in [1.54, 1.807) is 0 Å². The number of thioether (sulfide) groups is 1. The first-order chi connectivity index (χ1) is 7.88. The first-order valence-electron chi connectivity index (χ1n) is 6.82. The Labute approximate surface area is 111 Å². The Bertz CT molecular complexity index is 227. The Morgan fingerprint density at radius 2 is 2.00 bits per heavy atom. The lowest BCUT2D eigenvalue weighted by atomic mass is 9.71. The molecule has 0 aromatic heterocycles. The van der Waals surface area contributed by atoms with Crippen LogP contribution in [0.5, 0.6) is 0 Å². The molecule has 0 bridgehead atoms. The molecule has 0 spiro atoms. The summed E-state index contributed by atoms with van der Waals surface area (Å²) in [5, 5.41) is 13.7. The van der Waals surface area contributed by atoms with Crippen LogP contribution in [0.2, 0.25) is 0 Å². The Morgan fingerprint density at radius 3 is 2.47 bits per heavy atom. The van der Waals surface area contributed by atoms with Crippen LogP contribution in [0, 0.1) is 11.3 Å². The van der Waals surface area contributed by atoms with E-state index in [4.69, 9.17) is 0 Å². The molecule has 0 saturated heterocycles. The van der Waals surface area contributed by atoms with E-state index in [0.29, 0.717) is 22.0 Å². The monoisotopic (exact) mass is 259 g/mol. The van der Waals surface area contributed by atoms with Crippen LogP contribution >= 0.6 is 11.8 Å². The molecule has 0 aromatic rings. The van der Waals surface area contributed by atoms with Crippen LogP contribution in [0.4, 0.5) is 0 Å². The van der Waals surface area contributed by atoms with Gasteiger partial charge in [0, 0.05) is 16.5 Å². The average Bonchev–Trinajstić information content (AvgIpc) is 2.27. The van der Waals surface area contributed by atoms with Gasteiger partial charge in [-0.05, 0) is 37.6 Å². The van der Waals surface area contributed by atoms with Gasteiger partial charge in [0.25, 0.3) is 0 Å². The van der Waals surface area contributed by atoms with Crippen LogP contribution in [0.15, 0.2) is 0 Å². The van der Waals surface area contributed by atoms with E-state index in [-0.39, 0.29) is 6.61 Å². The van der Waals surface area contributed by atoms with Gasteiger partial charge in [-0.15, -0.1) is 0 Å². The molecule has 1 saturated carbocycles. The number of hydrogen-bond donors (Lipinski definition) is 2. The molecule has 0 amide bonds. The lowest BCUT2D eigenvalue weighted by molar-refractivity contribution is 0.166. The van der Waals surface area contributed by atoms with E-state index in [1.807, 2.05) is 11.8 Å². The molecule has 1 rings (SSSR count). The molecule has 3 heteroatoms. The summed E-state index contributed by atoms with van der Waals surface area (Å²) < 4.78 is 0. The second-order valence-electron chi connectivity index (χ2n) is 6.44. The second-order valence-corrected chi connectivity index (χ2v) is 8.12. The molecule has 2 nitrogen and oxygen atoms in total. The van der Waals surface area contributed by atoms with Gasteiger partial charge in [-0.25, -0.2) is 0 Å². The quantitative estimate of drug-likeness (QED) is 0.814. The van der Waals surface area contributed by atoms with Crippen molar-refractivity contribution in [3.8, 4) is 0 Å². The highest BCUT2D eigenvalue weighted by Gasteiger charge is 2.36. The van der Waals surface area contributed by atoms with Crippen LogP contribution in [0.25, 0.3) is 0 Å². The summed E-state index contributed by atoms with van der Waals surface area (Å²) >= 11 is 1.96. The highest BCUT2D eigenvalue weighted by atomic mass is 32.2. The normalized spacial score (nSPS) is 32.5. The number of hydrogen-bond acceptors (Lipinski definition) is 3. The van der Waals surface area contributed by atoms with E-state index in [2.05, 4.69) is 40.1 Å². The minimum atomic E-state index is 0.289. The smallest absolute Gasteiger partial charge is 0.0547 e. The highest BCUT2D eigenvalue weighted by Crippen LogP contribution is 2.42. The summed E-state index contributed by atoms with van der Waals surface area (Å²) in [5.74, 6) is 0.815. The summed E-state index contributed by atoms with van der Waals surface area (Å²) in [7, 11) is 2.07. The Balaban J connectivity index is 2.62. The number of aliphatic hydroxyl groups excluding tert-OH is 1. The van der Waals surface area contributed by atoms with Gasteiger partial charge in [0.2, 0.25) is 0 Å². The molecule has 17 heavy (non-hydrogen) atoms. The molecular formula is C14H29NOS. The Kier molecular flexibility index (Phi) is 5.81. The van der Waals surface area contributed by atoms with Gasteiger partial charge in [0.1, 0.15) is 0 Å². The standard InChI is InChI=1S/C14H29NOS/c1-10(9-16)17-13-8-11(14(2,3)4)6-7-12(13)15-5/h10-13,15-16H,6-9H2,1-5H3. The maximum Gasteiger partial charge on any atom is 0.0547 e. The summed E-state index contributed by atoms with van der Waals surface area (Å²) in [6, 6.07) is 0.618. The fourth-order valence-electron chi connectivity index (χ4n) is 2.74. The van der Waals surface area contributed by atoms with Crippen LogP contribution in [-0.2, 0) is 0 Å². The molecule has 2 N–H and O–H groups in total. The number of rotatable bonds is 4. The zero-order valence-electron chi connectivity index (χ0n) is 12.0. The molecule has 0 heterocycles. The Morgan fingerprint density at radius 1 is 1.35 bits per heavy atom. The molecule has 0 aliphatic heterocycles. The summed E-state index contributed by atoms with van der Waals surface area (Å²) in [6.45, 7) is 9.48. The van der Waals surface area contributed by atoms with Gasteiger partial charge in [-0.3, -0.25) is 0 Å². The van der Waals surface area contributed by atoms with Gasteiger partial charge < -0.3 is 10.4 Å². The van der Waals surface area contributed by atoms with Gasteiger partial charge in [0.15, 0.2) is 0 Å². The minimum Gasteiger partial charge on any atom is -0.395 e. The first kappa shape index (κ1) is 15.3. The molecule has 4 unspecified atom stereocenters. The third-order valence-electron chi connectivity index (χ3n) is 4.05. The van der Waals surface area contributed by atoms with Crippen molar-refractivity contribution in [2.45, 2.75) is 63.5 Å². The fraction of sp³-hybridized carbons (Fsp3) is 1.00. The van der Waals surface area contributed by atoms with E-state index in [1.165, 1.54) is 19.3 Å². The molecule has 4 atom stereocenters. The molecule has 102 valence electrons. The van der Waals surface area contributed by atoms with Crippen molar-refractivity contribution in [1.82, 2.24) is 5.32 Å². The summed E-state index contributed by atoms with van der Waals surface area (Å²) in [6.07, 6.45) is 3.89. The molecule has 0 aromatic carbocycles. The van der Waals surface area contributed by atoms with Crippen molar-refractivity contribution < 1.29 is 5.11 Å². The number of aliphatic hydroxyl groups is 1. The van der Waals surface area contributed by atoms with Crippen LogP contribution < -0.4 is 5.32 Å². The molecular weight excluding hydrogens is 230 g/mol. The van der Waals surface area contributed by atoms with Crippen molar-refractivity contribution in [3.63, 3.8) is 0 Å². The minimum absolute atomic E-state index is 0.289. The van der Waals surface area contributed by atoms with Crippen molar-refractivity contribution in [2.75, 3.05) is 13.7 Å². The predicted octanol–water partition coefficient (Wildman–Crippen LogP) is 2.90. The largest absolute Gasteiger partial charge is 0.395 e. The third-order valence-corrected chi connectivity index (χ3v) is 5.54. The van der Waals surface area contributed by atoms with Crippen LogP contribution in [-0.4, -0.2) is 35.3 Å². The summed E-state index contributed by atoms with van der Waals surface area (Å²) in [5.41, 5.74) is 0.417. The van der Waals surface area contributed by atoms with Gasteiger partial charge in [-0.2, -0.15) is 11.8 Å². The van der Waals surface area contributed by atoms with E-state index < -0.39 is 0 Å². The maximum absolute atomic E-state index is 9.21. The maximum atomic E-state index is 9.21.